The van der Waals surface area contributed by atoms with Gasteiger partial charge in [0.25, 0.3) is 0 Å². The van der Waals surface area contributed by atoms with Crippen molar-refractivity contribution in [3.05, 3.63) is 35.4 Å². The van der Waals surface area contributed by atoms with Crippen LogP contribution in [0.4, 0.5) is 0 Å². The lowest BCUT2D eigenvalue weighted by Gasteiger charge is -2.35. The zero-order valence-electron chi connectivity index (χ0n) is 14.7. The number of piperidine rings is 1. The van der Waals surface area contributed by atoms with E-state index in [1.54, 1.807) is 0 Å². The van der Waals surface area contributed by atoms with Crippen molar-refractivity contribution in [2.24, 2.45) is 23.7 Å². The third kappa shape index (κ3) is 4.57. The minimum absolute atomic E-state index is 0.220. The summed E-state index contributed by atoms with van der Waals surface area (Å²) < 4.78 is 0. The van der Waals surface area contributed by atoms with Gasteiger partial charge in [-0.2, -0.15) is 0 Å². The van der Waals surface area contributed by atoms with Crippen LogP contribution in [0.2, 0.25) is 0 Å². The summed E-state index contributed by atoms with van der Waals surface area (Å²) in [4.78, 5) is 14.4. The lowest BCUT2D eigenvalue weighted by molar-refractivity contribution is -0.122. The Balaban J connectivity index is 1.48. The van der Waals surface area contributed by atoms with Crippen molar-refractivity contribution in [2.75, 3.05) is 13.1 Å². The van der Waals surface area contributed by atoms with Crippen molar-refractivity contribution >= 4 is 5.91 Å². The first kappa shape index (κ1) is 16.5. The van der Waals surface area contributed by atoms with E-state index < -0.39 is 0 Å². The number of likely N-dealkylation sites (tertiary alicyclic amines) is 1. The molecule has 0 radical (unpaired) electrons. The number of hydrogen-bond donors (Lipinski definition) is 1. The van der Waals surface area contributed by atoms with Gasteiger partial charge in [0.05, 0.1) is 0 Å². The standard InChI is InChI=1S/C20H30N2O/c1-14-8-15(2)12-22(11-14)13-18-6-4-17(5-7-18)10-21-20(23)19-9-16(19)3/h4-7,14-16,19H,8-13H2,1-3H3,(H,21,23)/t14-,15+,16-,19+/m1/s1. The first-order valence-electron chi connectivity index (χ1n) is 9.09. The summed E-state index contributed by atoms with van der Waals surface area (Å²) >= 11 is 0. The molecule has 0 bridgehead atoms. The molecule has 1 heterocycles. The first-order chi connectivity index (χ1) is 11.0. The second-order valence-electron chi connectivity index (χ2n) is 7.99. The Labute approximate surface area is 140 Å². The molecule has 3 nitrogen and oxygen atoms in total. The summed E-state index contributed by atoms with van der Waals surface area (Å²) in [5.41, 5.74) is 2.56. The maximum Gasteiger partial charge on any atom is 0.223 e. The van der Waals surface area contributed by atoms with Crippen LogP contribution in [0.5, 0.6) is 0 Å². The molecule has 0 unspecified atom stereocenters. The van der Waals surface area contributed by atoms with Gasteiger partial charge in [0.1, 0.15) is 0 Å². The van der Waals surface area contributed by atoms with E-state index >= 15 is 0 Å². The van der Waals surface area contributed by atoms with Gasteiger partial charge >= 0.3 is 0 Å². The quantitative estimate of drug-likeness (QED) is 0.903. The van der Waals surface area contributed by atoms with E-state index in [2.05, 4.69) is 55.3 Å². The van der Waals surface area contributed by atoms with Crippen LogP contribution >= 0.6 is 0 Å². The van der Waals surface area contributed by atoms with Gasteiger partial charge in [0, 0.05) is 32.1 Å². The summed E-state index contributed by atoms with van der Waals surface area (Å²) in [5, 5.41) is 3.05. The fourth-order valence-electron chi connectivity index (χ4n) is 3.95. The van der Waals surface area contributed by atoms with Crippen LogP contribution in [-0.2, 0) is 17.9 Å². The van der Waals surface area contributed by atoms with Gasteiger partial charge < -0.3 is 5.32 Å². The van der Waals surface area contributed by atoms with Crippen LogP contribution in [0, 0.1) is 23.7 Å². The van der Waals surface area contributed by atoms with Gasteiger partial charge in [-0.05, 0) is 41.7 Å². The van der Waals surface area contributed by atoms with Crippen molar-refractivity contribution in [2.45, 2.75) is 46.7 Å². The number of rotatable bonds is 5. The average molecular weight is 314 g/mol. The molecule has 1 saturated heterocycles. The van der Waals surface area contributed by atoms with E-state index in [0.29, 0.717) is 12.5 Å². The van der Waals surface area contributed by atoms with E-state index in [1.165, 1.54) is 30.6 Å². The molecule has 1 aromatic rings. The molecular formula is C20H30N2O. The molecule has 126 valence electrons. The molecule has 0 spiro atoms. The van der Waals surface area contributed by atoms with Crippen LogP contribution in [-0.4, -0.2) is 23.9 Å². The van der Waals surface area contributed by atoms with Gasteiger partial charge in [-0.25, -0.2) is 0 Å². The van der Waals surface area contributed by atoms with Crippen molar-refractivity contribution in [3.63, 3.8) is 0 Å². The molecule has 3 rings (SSSR count). The van der Waals surface area contributed by atoms with E-state index in [4.69, 9.17) is 0 Å². The SMILES string of the molecule is C[C@@H]1C[C@H](C)CN(Cc2ccc(CNC(=O)[C@H]3C[C@H]3C)cc2)C1. The number of carbonyl (C=O) groups excluding carboxylic acids is 1. The maximum atomic E-state index is 11.9. The summed E-state index contributed by atoms with van der Waals surface area (Å²) in [7, 11) is 0. The molecule has 23 heavy (non-hydrogen) atoms. The van der Waals surface area contributed by atoms with Crippen LogP contribution in [0.15, 0.2) is 24.3 Å². The van der Waals surface area contributed by atoms with Crippen LogP contribution in [0.25, 0.3) is 0 Å². The molecule has 1 aliphatic heterocycles. The predicted molar refractivity (Wildman–Crippen MR) is 93.8 cm³/mol. The highest BCUT2D eigenvalue weighted by atomic mass is 16.2. The minimum atomic E-state index is 0.220. The Morgan fingerprint density at radius 1 is 1.04 bits per heavy atom. The van der Waals surface area contributed by atoms with Gasteiger partial charge in [-0.3, -0.25) is 9.69 Å². The second kappa shape index (κ2) is 7.04. The Hall–Kier alpha value is -1.35. The molecule has 1 aliphatic carbocycles. The molecule has 3 heteroatoms. The van der Waals surface area contributed by atoms with Gasteiger partial charge in [0.2, 0.25) is 5.91 Å². The maximum absolute atomic E-state index is 11.9. The van der Waals surface area contributed by atoms with Crippen molar-refractivity contribution in [3.8, 4) is 0 Å². The molecular weight excluding hydrogens is 284 g/mol. The Morgan fingerprint density at radius 3 is 2.17 bits per heavy atom. The Morgan fingerprint density at radius 2 is 1.61 bits per heavy atom. The highest BCUT2D eigenvalue weighted by Gasteiger charge is 2.38. The zero-order valence-corrected chi connectivity index (χ0v) is 14.7. The van der Waals surface area contributed by atoms with Gasteiger partial charge in [-0.1, -0.05) is 45.0 Å². The zero-order chi connectivity index (χ0) is 16.4. The summed E-state index contributed by atoms with van der Waals surface area (Å²) in [5.74, 6) is 2.66. The number of hydrogen-bond acceptors (Lipinski definition) is 2. The Kier molecular flexibility index (Phi) is 5.05. The van der Waals surface area contributed by atoms with E-state index in [-0.39, 0.29) is 11.8 Å². The van der Waals surface area contributed by atoms with Crippen molar-refractivity contribution in [1.29, 1.82) is 0 Å². The highest BCUT2D eigenvalue weighted by Crippen LogP contribution is 2.37. The molecule has 1 aromatic carbocycles. The fourth-order valence-corrected chi connectivity index (χ4v) is 3.95. The fraction of sp³-hybridized carbons (Fsp3) is 0.650. The van der Waals surface area contributed by atoms with Crippen LogP contribution in [0.3, 0.4) is 0 Å². The topological polar surface area (TPSA) is 32.3 Å². The summed E-state index contributed by atoms with van der Waals surface area (Å²) in [6, 6.07) is 8.74. The number of nitrogens with zero attached hydrogens (tertiary/aromatic N) is 1. The van der Waals surface area contributed by atoms with E-state index in [9.17, 15) is 4.79 Å². The highest BCUT2D eigenvalue weighted by molar-refractivity contribution is 5.81. The summed E-state index contributed by atoms with van der Waals surface area (Å²) in [6.07, 6.45) is 2.41. The number of benzene rings is 1. The first-order valence-corrected chi connectivity index (χ1v) is 9.09. The minimum Gasteiger partial charge on any atom is -0.352 e. The number of nitrogens with one attached hydrogen (secondary N) is 1. The molecule has 2 fully saturated rings. The largest absolute Gasteiger partial charge is 0.352 e. The van der Waals surface area contributed by atoms with Crippen LogP contribution < -0.4 is 5.32 Å². The lowest BCUT2D eigenvalue weighted by Crippen LogP contribution is -2.38. The third-order valence-corrected chi connectivity index (χ3v) is 5.29. The average Bonchev–Trinajstić information content (AvgIpc) is 3.22. The number of carbonyl (C=O) groups is 1. The second-order valence-corrected chi connectivity index (χ2v) is 7.99. The molecule has 2 aliphatic rings. The monoisotopic (exact) mass is 314 g/mol. The van der Waals surface area contributed by atoms with Gasteiger partial charge in [-0.15, -0.1) is 0 Å². The lowest BCUT2D eigenvalue weighted by atomic mass is 9.91. The molecule has 1 amide bonds. The van der Waals surface area contributed by atoms with Gasteiger partial charge in [0.15, 0.2) is 0 Å². The predicted octanol–water partition coefficient (Wildman–Crippen LogP) is 3.44. The third-order valence-electron chi connectivity index (χ3n) is 5.29. The summed E-state index contributed by atoms with van der Waals surface area (Å²) in [6.45, 7) is 11.0. The van der Waals surface area contributed by atoms with Crippen molar-refractivity contribution in [1.82, 2.24) is 10.2 Å². The van der Waals surface area contributed by atoms with Crippen LogP contribution in [0.1, 0.15) is 44.7 Å². The van der Waals surface area contributed by atoms with Crippen molar-refractivity contribution < 1.29 is 4.79 Å². The molecule has 0 aromatic heterocycles. The van der Waals surface area contributed by atoms with E-state index in [1.807, 2.05) is 0 Å². The van der Waals surface area contributed by atoms with E-state index in [0.717, 1.165) is 24.8 Å². The molecule has 1 N–H and O–H groups in total. The Bertz CT molecular complexity index is 529. The normalized spacial score (nSPS) is 30.9. The smallest absolute Gasteiger partial charge is 0.223 e. The number of amides is 1. The molecule has 1 saturated carbocycles. The molecule has 4 atom stereocenters.